The summed E-state index contributed by atoms with van der Waals surface area (Å²) in [6.45, 7) is 3.91. The van der Waals surface area contributed by atoms with Crippen molar-refractivity contribution in [3.05, 3.63) is 23.8 Å². The van der Waals surface area contributed by atoms with Gasteiger partial charge in [0.2, 0.25) is 11.8 Å². The molecule has 0 saturated carbocycles. The monoisotopic (exact) mass is 311 g/mol. The summed E-state index contributed by atoms with van der Waals surface area (Å²) in [5, 5.41) is 5.51. The lowest BCUT2D eigenvalue weighted by molar-refractivity contribution is -0.124. The van der Waals surface area contributed by atoms with Crippen LogP contribution < -0.4 is 15.5 Å². The Morgan fingerprint density at radius 3 is 2.73 bits per heavy atom. The van der Waals surface area contributed by atoms with Gasteiger partial charge in [0.05, 0.1) is 11.4 Å². The maximum Gasteiger partial charge on any atom is 0.249 e. The molecule has 22 heavy (non-hydrogen) atoms. The molecule has 1 heterocycles. The molecule has 2 N–H and O–H groups in total. The van der Waals surface area contributed by atoms with Gasteiger partial charge in [0, 0.05) is 18.7 Å². The van der Waals surface area contributed by atoms with Crippen molar-refractivity contribution in [1.82, 2.24) is 5.32 Å². The van der Waals surface area contributed by atoms with Gasteiger partial charge in [0.15, 0.2) is 11.6 Å². The van der Waals surface area contributed by atoms with Gasteiger partial charge in [-0.05, 0) is 13.3 Å². The Bertz CT molecular complexity index is 592. The molecule has 2 amide bonds. The standard InChI is InChI=1S/C15H19F2N3O2/c1-3-4-5-18-14(21)8-20-13-7-11(17)10(16)6-12(13)19-9(2)15(20)22/h6-7,9,19H,3-5,8H2,1-2H3,(H,18,21). The molecular formula is C15H19F2N3O2. The van der Waals surface area contributed by atoms with E-state index in [1.165, 1.54) is 4.90 Å². The number of carbonyl (C=O) groups excluding carboxylic acids is 2. The number of hydrogen-bond acceptors (Lipinski definition) is 3. The highest BCUT2D eigenvalue weighted by Crippen LogP contribution is 2.33. The van der Waals surface area contributed by atoms with Crippen molar-refractivity contribution in [2.24, 2.45) is 0 Å². The topological polar surface area (TPSA) is 61.4 Å². The molecule has 7 heteroatoms. The van der Waals surface area contributed by atoms with E-state index in [1.807, 2.05) is 6.92 Å². The summed E-state index contributed by atoms with van der Waals surface area (Å²) in [7, 11) is 0. The van der Waals surface area contributed by atoms with Crippen LogP contribution in [0.15, 0.2) is 12.1 Å². The average Bonchev–Trinajstić information content (AvgIpc) is 2.47. The molecule has 1 aromatic rings. The number of carbonyl (C=O) groups is 2. The van der Waals surface area contributed by atoms with Crippen molar-refractivity contribution < 1.29 is 18.4 Å². The van der Waals surface area contributed by atoms with Gasteiger partial charge in [-0.1, -0.05) is 13.3 Å². The first kappa shape index (κ1) is 16.2. The number of rotatable bonds is 5. The van der Waals surface area contributed by atoms with E-state index in [0.717, 1.165) is 25.0 Å². The molecule has 1 aromatic carbocycles. The van der Waals surface area contributed by atoms with E-state index < -0.39 is 17.7 Å². The van der Waals surface area contributed by atoms with Crippen LogP contribution in [0.2, 0.25) is 0 Å². The Morgan fingerprint density at radius 1 is 1.36 bits per heavy atom. The maximum atomic E-state index is 13.4. The van der Waals surface area contributed by atoms with Crippen LogP contribution in [0.25, 0.3) is 0 Å². The Balaban J connectivity index is 2.21. The highest BCUT2D eigenvalue weighted by molar-refractivity contribution is 6.07. The van der Waals surface area contributed by atoms with E-state index in [1.54, 1.807) is 6.92 Å². The quantitative estimate of drug-likeness (QED) is 0.818. The number of unbranched alkanes of at least 4 members (excludes halogenated alkanes) is 1. The van der Waals surface area contributed by atoms with Crippen LogP contribution in [0, 0.1) is 11.6 Å². The van der Waals surface area contributed by atoms with Crippen molar-refractivity contribution in [3.8, 4) is 0 Å². The van der Waals surface area contributed by atoms with Gasteiger partial charge in [-0.2, -0.15) is 0 Å². The second-order valence-electron chi connectivity index (χ2n) is 5.28. The highest BCUT2D eigenvalue weighted by Gasteiger charge is 2.32. The summed E-state index contributed by atoms with van der Waals surface area (Å²) < 4.78 is 26.8. The number of halogens is 2. The van der Waals surface area contributed by atoms with Gasteiger partial charge < -0.3 is 10.6 Å². The van der Waals surface area contributed by atoms with E-state index in [0.29, 0.717) is 12.2 Å². The molecule has 0 saturated heterocycles. The maximum absolute atomic E-state index is 13.4. The molecule has 1 atom stereocenters. The lowest BCUT2D eigenvalue weighted by atomic mass is 10.1. The number of anilines is 2. The SMILES string of the molecule is CCCCNC(=O)CN1C(=O)C(C)Nc2cc(F)c(F)cc21. The summed E-state index contributed by atoms with van der Waals surface area (Å²) >= 11 is 0. The van der Waals surface area contributed by atoms with Crippen LogP contribution in [-0.4, -0.2) is 30.9 Å². The molecule has 0 spiro atoms. The molecular weight excluding hydrogens is 292 g/mol. The van der Waals surface area contributed by atoms with Gasteiger partial charge >= 0.3 is 0 Å². The summed E-state index contributed by atoms with van der Waals surface area (Å²) in [5.41, 5.74) is 0.472. The van der Waals surface area contributed by atoms with Gasteiger partial charge in [0.25, 0.3) is 0 Å². The molecule has 0 aliphatic carbocycles. The van der Waals surface area contributed by atoms with E-state index >= 15 is 0 Å². The van der Waals surface area contributed by atoms with Gasteiger partial charge in [-0.15, -0.1) is 0 Å². The first-order valence-electron chi connectivity index (χ1n) is 7.27. The number of amides is 2. The van der Waals surface area contributed by atoms with Crippen molar-refractivity contribution in [1.29, 1.82) is 0 Å². The first-order valence-corrected chi connectivity index (χ1v) is 7.27. The molecule has 1 aliphatic rings. The summed E-state index contributed by atoms with van der Waals surface area (Å²) in [6, 6.07) is 1.32. The fourth-order valence-corrected chi connectivity index (χ4v) is 2.29. The Morgan fingerprint density at radius 2 is 2.05 bits per heavy atom. The number of benzene rings is 1. The number of hydrogen-bond donors (Lipinski definition) is 2. The predicted octanol–water partition coefficient (Wildman–Crippen LogP) is 2.03. The smallest absolute Gasteiger partial charge is 0.249 e. The zero-order valence-corrected chi connectivity index (χ0v) is 12.6. The fourth-order valence-electron chi connectivity index (χ4n) is 2.29. The van der Waals surface area contributed by atoms with Gasteiger partial charge in [-0.25, -0.2) is 8.78 Å². The summed E-state index contributed by atoms with van der Waals surface area (Å²) in [6.07, 6.45) is 1.78. The first-order chi connectivity index (χ1) is 10.4. The number of fused-ring (bicyclic) bond motifs is 1. The third-order valence-electron chi connectivity index (χ3n) is 3.49. The summed E-state index contributed by atoms with van der Waals surface area (Å²) in [5.74, 6) is -2.74. The molecule has 120 valence electrons. The minimum Gasteiger partial charge on any atom is -0.372 e. The van der Waals surface area contributed by atoms with E-state index in [2.05, 4.69) is 10.6 Å². The summed E-state index contributed by atoms with van der Waals surface area (Å²) in [4.78, 5) is 25.3. The third-order valence-corrected chi connectivity index (χ3v) is 3.49. The third kappa shape index (κ3) is 3.35. The largest absolute Gasteiger partial charge is 0.372 e. The minimum absolute atomic E-state index is 0.174. The molecule has 1 unspecified atom stereocenters. The molecule has 0 aromatic heterocycles. The average molecular weight is 311 g/mol. The Kier molecular flexibility index (Phi) is 4.95. The van der Waals surface area contributed by atoms with Crippen LogP contribution in [0.1, 0.15) is 26.7 Å². The van der Waals surface area contributed by atoms with Crippen LogP contribution in [-0.2, 0) is 9.59 Å². The second-order valence-corrected chi connectivity index (χ2v) is 5.28. The fraction of sp³-hybridized carbons (Fsp3) is 0.467. The lowest BCUT2D eigenvalue weighted by Crippen LogP contribution is -2.49. The number of nitrogens with one attached hydrogen (secondary N) is 2. The zero-order valence-electron chi connectivity index (χ0n) is 12.6. The van der Waals surface area contributed by atoms with Crippen molar-refractivity contribution in [2.75, 3.05) is 23.3 Å². The van der Waals surface area contributed by atoms with Gasteiger partial charge in [0.1, 0.15) is 12.6 Å². The molecule has 5 nitrogen and oxygen atoms in total. The Labute approximate surface area is 127 Å². The predicted molar refractivity (Wildman–Crippen MR) is 79.7 cm³/mol. The lowest BCUT2D eigenvalue weighted by Gasteiger charge is -2.33. The van der Waals surface area contributed by atoms with Crippen LogP contribution in [0.3, 0.4) is 0 Å². The normalized spacial score (nSPS) is 17.0. The van der Waals surface area contributed by atoms with E-state index in [-0.39, 0.29) is 24.0 Å². The number of nitrogens with zero attached hydrogens (tertiary/aromatic N) is 1. The van der Waals surface area contributed by atoms with Crippen molar-refractivity contribution >= 4 is 23.2 Å². The van der Waals surface area contributed by atoms with Gasteiger partial charge in [-0.3, -0.25) is 14.5 Å². The van der Waals surface area contributed by atoms with Crippen molar-refractivity contribution in [2.45, 2.75) is 32.7 Å². The minimum atomic E-state index is -1.06. The van der Waals surface area contributed by atoms with Crippen LogP contribution in [0.5, 0.6) is 0 Å². The molecule has 0 fully saturated rings. The molecule has 1 aliphatic heterocycles. The molecule has 2 rings (SSSR count). The zero-order chi connectivity index (χ0) is 16.3. The molecule has 0 bridgehead atoms. The molecule has 0 radical (unpaired) electrons. The highest BCUT2D eigenvalue weighted by atomic mass is 19.2. The second kappa shape index (κ2) is 6.72. The van der Waals surface area contributed by atoms with Crippen molar-refractivity contribution in [3.63, 3.8) is 0 Å². The van der Waals surface area contributed by atoms with Crippen LogP contribution in [0.4, 0.5) is 20.2 Å². The van der Waals surface area contributed by atoms with E-state index in [4.69, 9.17) is 0 Å². The van der Waals surface area contributed by atoms with Crippen LogP contribution >= 0.6 is 0 Å². The van der Waals surface area contributed by atoms with E-state index in [9.17, 15) is 18.4 Å². The Hall–Kier alpha value is -2.18.